The molecule has 0 saturated carbocycles. The number of halogens is 1. The van der Waals surface area contributed by atoms with Crippen LogP contribution >= 0.6 is 33.9 Å². The van der Waals surface area contributed by atoms with Gasteiger partial charge in [0.1, 0.15) is 0 Å². The zero-order valence-corrected chi connectivity index (χ0v) is 12.3. The lowest BCUT2D eigenvalue weighted by Crippen LogP contribution is -2.55. The minimum absolute atomic E-state index is 0.0880. The highest BCUT2D eigenvalue weighted by molar-refractivity contribution is 14.1. The van der Waals surface area contributed by atoms with Gasteiger partial charge in [0.2, 0.25) is 0 Å². The number of aliphatic carboxylic acids is 1. The fourth-order valence-electron chi connectivity index (χ4n) is 1.19. The van der Waals surface area contributed by atoms with Crippen molar-refractivity contribution in [3.63, 3.8) is 0 Å². The van der Waals surface area contributed by atoms with Gasteiger partial charge in [0, 0.05) is 12.5 Å². The molecule has 1 unspecified atom stereocenters. The van der Waals surface area contributed by atoms with Crippen LogP contribution in [0.25, 0.3) is 0 Å². The van der Waals surface area contributed by atoms with E-state index in [0.29, 0.717) is 5.56 Å². The lowest BCUT2D eigenvalue weighted by Gasteiger charge is -2.24. The van der Waals surface area contributed by atoms with Crippen molar-refractivity contribution in [3.05, 3.63) is 19.9 Å². The van der Waals surface area contributed by atoms with Crippen LogP contribution in [0.4, 0.5) is 0 Å². The largest absolute Gasteiger partial charge is 0.479 e. The molecule has 1 rings (SSSR count). The second-order valence-corrected chi connectivity index (χ2v) is 6.47. The molecule has 0 aliphatic rings. The predicted molar refractivity (Wildman–Crippen MR) is 72.4 cm³/mol. The third-order valence-electron chi connectivity index (χ3n) is 2.12. The van der Waals surface area contributed by atoms with Crippen molar-refractivity contribution in [2.45, 2.75) is 12.5 Å². The van der Waals surface area contributed by atoms with E-state index in [4.69, 9.17) is 9.84 Å². The Labute approximate surface area is 116 Å². The van der Waals surface area contributed by atoms with E-state index < -0.39 is 17.4 Å². The van der Waals surface area contributed by atoms with Gasteiger partial charge in [-0.2, -0.15) is 0 Å². The maximum absolute atomic E-state index is 11.8. The van der Waals surface area contributed by atoms with Crippen molar-refractivity contribution in [1.29, 1.82) is 0 Å². The summed E-state index contributed by atoms with van der Waals surface area (Å²) in [6.45, 7) is 1.32. The molecule has 7 heteroatoms. The summed E-state index contributed by atoms with van der Waals surface area (Å²) in [4.78, 5) is 22.9. The first kappa shape index (κ1) is 14.4. The highest BCUT2D eigenvalue weighted by atomic mass is 127. The number of hydrogen-bond acceptors (Lipinski definition) is 4. The van der Waals surface area contributed by atoms with Gasteiger partial charge in [-0.25, -0.2) is 4.79 Å². The number of rotatable bonds is 5. The molecule has 0 radical (unpaired) electrons. The van der Waals surface area contributed by atoms with Crippen LogP contribution in [0.5, 0.6) is 0 Å². The summed E-state index contributed by atoms with van der Waals surface area (Å²) < 4.78 is 5.78. The molecule has 0 aliphatic carbocycles. The van der Waals surface area contributed by atoms with Crippen LogP contribution in [0.15, 0.2) is 11.4 Å². The first-order valence-electron chi connectivity index (χ1n) is 4.68. The summed E-state index contributed by atoms with van der Waals surface area (Å²) in [6.07, 6.45) is 0. The van der Waals surface area contributed by atoms with E-state index in [0.717, 1.165) is 2.88 Å². The second-order valence-electron chi connectivity index (χ2n) is 3.66. The van der Waals surface area contributed by atoms with Crippen LogP contribution < -0.4 is 5.32 Å². The molecule has 1 aromatic heterocycles. The number of ether oxygens (including phenoxy) is 1. The standard InChI is InChI=1S/C10H12INO4S/c1-10(5-16-2,9(14)15)12-8(13)6-3-7(11)17-4-6/h3-4H,5H2,1-2H3,(H,12,13)(H,14,15). The molecule has 0 fully saturated rings. The van der Waals surface area contributed by atoms with Crippen LogP contribution in [0, 0.1) is 2.88 Å². The van der Waals surface area contributed by atoms with Crippen molar-refractivity contribution >= 4 is 45.8 Å². The Morgan fingerprint density at radius 3 is 2.71 bits per heavy atom. The number of thiophene rings is 1. The average molecular weight is 369 g/mol. The van der Waals surface area contributed by atoms with E-state index >= 15 is 0 Å². The first-order chi connectivity index (χ1) is 7.89. The summed E-state index contributed by atoms with van der Waals surface area (Å²) in [6, 6.07) is 1.70. The molecule has 2 N–H and O–H groups in total. The Bertz CT molecular complexity index is 434. The van der Waals surface area contributed by atoms with Gasteiger partial charge in [0.25, 0.3) is 5.91 Å². The maximum atomic E-state index is 11.8. The topological polar surface area (TPSA) is 75.6 Å². The van der Waals surface area contributed by atoms with Crippen molar-refractivity contribution in [1.82, 2.24) is 5.32 Å². The van der Waals surface area contributed by atoms with E-state index in [-0.39, 0.29) is 6.61 Å². The number of carbonyl (C=O) groups excluding carboxylic acids is 1. The summed E-state index contributed by atoms with van der Waals surface area (Å²) in [5.74, 6) is -1.54. The number of carboxylic acids is 1. The molecule has 5 nitrogen and oxygen atoms in total. The maximum Gasteiger partial charge on any atom is 0.331 e. The van der Waals surface area contributed by atoms with E-state index in [1.165, 1.54) is 25.4 Å². The summed E-state index contributed by atoms with van der Waals surface area (Å²) in [7, 11) is 1.39. The molecule has 0 spiro atoms. The molecular formula is C10H12INO4S. The van der Waals surface area contributed by atoms with Crippen LogP contribution in [0.3, 0.4) is 0 Å². The van der Waals surface area contributed by atoms with Gasteiger partial charge in [-0.1, -0.05) is 0 Å². The normalized spacial score (nSPS) is 14.1. The minimum atomic E-state index is -1.42. The Morgan fingerprint density at radius 2 is 2.29 bits per heavy atom. The fourth-order valence-corrected chi connectivity index (χ4v) is 2.52. The second kappa shape index (κ2) is 5.78. The molecule has 94 valence electrons. The number of amides is 1. The Morgan fingerprint density at radius 1 is 1.65 bits per heavy atom. The molecular weight excluding hydrogens is 357 g/mol. The number of carbonyl (C=O) groups is 2. The zero-order valence-electron chi connectivity index (χ0n) is 9.32. The van der Waals surface area contributed by atoms with E-state index in [2.05, 4.69) is 27.9 Å². The molecule has 0 aromatic carbocycles. The van der Waals surface area contributed by atoms with Gasteiger partial charge in [0.15, 0.2) is 5.54 Å². The van der Waals surface area contributed by atoms with Crippen LogP contribution in [0.2, 0.25) is 0 Å². The number of carboxylic acid groups (broad SMARTS) is 1. The molecule has 17 heavy (non-hydrogen) atoms. The zero-order chi connectivity index (χ0) is 13.1. The molecule has 1 heterocycles. The number of methoxy groups -OCH3 is 1. The quantitative estimate of drug-likeness (QED) is 0.773. The first-order valence-corrected chi connectivity index (χ1v) is 6.64. The minimum Gasteiger partial charge on any atom is -0.479 e. The van der Waals surface area contributed by atoms with E-state index in [1.54, 1.807) is 11.4 Å². The van der Waals surface area contributed by atoms with Gasteiger partial charge in [-0.05, 0) is 35.6 Å². The number of nitrogens with one attached hydrogen (secondary N) is 1. The van der Waals surface area contributed by atoms with Gasteiger partial charge >= 0.3 is 5.97 Å². The molecule has 1 aromatic rings. The molecule has 0 bridgehead atoms. The lowest BCUT2D eigenvalue weighted by atomic mass is 10.0. The van der Waals surface area contributed by atoms with Crippen molar-refractivity contribution in [3.8, 4) is 0 Å². The molecule has 1 atom stereocenters. The number of hydrogen-bond donors (Lipinski definition) is 2. The Balaban J connectivity index is 2.81. The Kier molecular flexibility index (Phi) is 4.90. The van der Waals surface area contributed by atoms with Gasteiger partial charge in [-0.15, -0.1) is 11.3 Å². The SMILES string of the molecule is COCC(C)(NC(=O)c1csc(I)c1)C(=O)O. The lowest BCUT2D eigenvalue weighted by molar-refractivity contribution is -0.145. The van der Waals surface area contributed by atoms with Crippen molar-refractivity contribution < 1.29 is 19.4 Å². The van der Waals surface area contributed by atoms with Crippen LogP contribution in [-0.2, 0) is 9.53 Å². The van der Waals surface area contributed by atoms with Crippen molar-refractivity contribution in [2.24, 2.45) is 0 Å². The van der Waals surface area contributed by atoms with Gasteiger partial charge < -0.3 is 15.2 Å². The van der Waals surface area contributed by atoms with Gasteiger partial charge in [-0.3, -0.25) is 4.79 Å². The predicted octanol–water partition coefficient (Wildman–Crippen LogP) is 1.57. The van der Waals surface area contributed by atoms with Crippen LogP contribution in [-0.4, -0.2) is 36.2 Å². The Hall–Kier alpha value is -0.670. The summed E-state index contributed by atoms with van der Waals surface area (Å²) in [5.41, 5.74) is -0.956. The third-order valence-corrected chi connectivity index (χ3v) is 3.91. The molecule has 0 aliphatic heterocycles. The molecule has 0 saturated heterocycles. The van der Waals surface area contributed by atoms with E-state index in [1.807, 2.05) is 0 Å². The van der Waals surface area contributed by atoms with Gasteiger partial charge in [0.05, 0.1) is 15.1 Å². The highest BCUT2D eigenvalue weighted by Gasteiger charge is 2.35. The fraction of sp³-hybridized carbons (Fsp3) is 0.400. The third kappa shape index (κ3) is 3.65. The van der Waals surface area contributed by atoms with E-state index in [9.17, 15) is 9.59 Å². The highest BCUT2D eigenvalue weighted by Crippen LogP contribution is 2.17. The summed E-state index contributed by atoms with van der Waals surface area (Å²) >= 11 is 3.53. The average Bonchev–Trinajstić information content (AvgIpc) is 2.65. The van der Waals surface area contributed by atoms with Crippen LogP contribution in [0.1, 0.15) is 17.3 Å². The summed E-state index contributed by atoms with van der Waals surface area (Å²) in [5, 5.41) is 13.2. The monoisotopic (exact) mass is 369 g/mol. The smallest absolute Gasteiger partial charge is 0.331 e. The van der Waals surface area contributed by atoms with Crippen molar-refractivity contribution in [2.75, 3.05) is 13.7 Å². The molecule has 1 amide bonds.